The Morgan fingerprint density at radius 2 is 2.21 bits per heavy atom. The van der Waals surface area contributed by atoms with E-state index < -0.39 is 0 Å². The molecule has 0 bridgehead atoms. The minimum absolute atomic E-state index is 0.310. The third kappa shape index (κ3) is 2.83. The molecule has 0 radical (unpaired) electrons. The van der Waals surface area contributed by atoms with Gasteiger partial charge < -0.3 is 10.5 Å². The number of rotatable bonds is 3. The summed E-state index contributed by atoms with van der Waals surface area (Å²) in [6, 6.07) is 5.72. The molecular weight excluding hydrogens is 256 g/mol. The molecule has 0 aliphatic carbocycles. The van der Waals surface area contributed by atoms with Crippen LogP contribution in [0.1, 0.15) is 18.1 Å². The molecule has 0 aliphatic rings. The smallest absolute Gasteiger partial charge is 0.145 e. The highest BCUT2D eigenvalue weighted by Crippen LogP contribution is 2.24. The maximum absolute atomic E-state index is 5.69. The van der Waals surface area contributed by atoms with Crippen LogP contribution in [0.5, 0.6) is 5.75 Å². The number of hydrogen-bond acceptors (Lipinski definition) is 3. The van der Waals surface area contributed by atoms with Gasteiger partial charge in [0.1, 0.15) is 16.8 Å². The molecule has 4 heteroatoms. The summed E-state index contributed by atoms with van der Waals surface area (Å²) in [7, 11) is 0. The number of nitrogens with two attached hydrogens (primary N) is 1. The molecule has 0 amide bonds. The molecule has 0 saturated carbocycles. The van der Waals surface area contributed by atoms with Crippen molar-refractivity contribution >= 4 is 28.1 Å². The summed E-state index contributed by atoms with van der Waals surface area (Å²) in [4.78, 5) is 4.69. The van der Waals surface area contributed by atoms with Crippen LogP contribution in [0.15, 0.2) is 24.4 Å². The molecule has 2 aromatic rings. The maximum Gasteiger partial charge on any atom is 0.145 e. The molecule has 0 aliphatic heterocycles. The zero-order valence-electron chi connectivity index (χ0n) is 10.8. The molecular formula is C15H14N2OS. The Kier molecular flexibility index (Phi) is 3.68. The Bertz CT molecular complexity index is 688. The summed E-state index contributed by atoms with van der Waals surface area (Å²) >= 11 is 4.90. The lowest BCUT2D eigenvalue weighted by atomic mass is 10.1. The summed E-state index contributed by atoms with van der Waals surface area (Å²) < 4.78 is 5.69. The van der Waals surface area contributed by atoms with Gasteiger partial charge in [-0.1, -0.05) is 18.1 Å². The normalized spacial score (nSPS) is 11.8. The Morgan fingerprint density at radius 3 is 2.84 bits per heavy atom. The molecule has 0 spiro atoms. The van der Waals surface area contributed by atoms with Crippen LogP contribution in [-0.4, -0.2) is 16.1 Å². The van der Waals surface area contributed by atoms with Crippen molar-refractivity contribution in [2.45, 2.75) is 20.0 Å². The molecule has 2 rings (SSSR count). The van der Waals surface area contributed by atoms with Crippen LogP contribution in [-0.2, 0) is 0 Å². The average Bonchev–Trinajstić information content (AvgIpc) is 2.37. The molecule has 1 atom stereocenters. The predicted molar refractivity (Wildman–Crippen MR) is 81.3 cm³/mol. The van der Waals surface area contributed by atoms with Crippen molar-refractivity contribution in [3.8, 4) is 18.1 Å². The lowest BCUT2D eigenvalue weighted by molar-refractivity contribution is 0.288. The molecule has 2 N–H and O–H groups in total. The van der Waals surface area contributed by atoms with Gasteiger partial charge in [0.05, 0.1) is 5.52 Å². The zero-order valence-corrected chi connectivity index (χ0v) is 11.6. The SMILES string of the molecule is C#Cc1cnc2c(C)cc(OC(C)C(N)=S)cc2c1. The minimum atomic E-state index is -0.310. The Morgan fingerprint density at radius 1 is 1.47 bits per heavy atom. The van der Waals surface area contributed by atoms with Crippen LogP contribution in [0.2, 0.25) is 0 Å². The van der Waals surface area contributed by atoms with E-state index in [-0.39, 0.29) is 6.10 Å². The van der Waals surface area contributed by atoms with Gasteiger partial charge in [-0.05, 0) is 37.6 Å². The van der Waals surface area contributed by atoms with Crippen molar-refractivity contribution in [3.05, 3.63) is 35.5 Å². The Hall–Kier alpha value is -2.12. The molecule has 19 heavy (non-hydrogen) atoms. The maximum atomic E-state index is 5.69. The van der Waals surface area contributed by atoms with E-state index in [9.17, 15) is 0 Å². The van der Waals surface area contributed by atoms with Crippen LogP contribution in [0, 0.1) is 19.3 Å². The average molecular weight is 270 g/mol. The second-order valence-corrected chi connectivity index (χ2v) is 4.81. The van der Waals surface area contributed by atoms with Crippen LogP contribution in [0.25, 0.3) is 10.9 Å². The van der Waals surface area contributed by atoms with E-state index in [0.29, 0.717) is 10.7 Å². The highest BCUT2D eigenvalue weighted by atomic mass is 32.1. The number of pyridine rings is 1. The fourth-order valence-electron chi connectivity index (χ4n) is 1.81. The van der Waals surface area contributed by atoms with E-state index in [2.05, 4.69) is 10.9 Å². The van der Waals surface area contributed by atoms with E-state index in [1.54, 1.807) is 6.20 Å². The van der Waals surface area contributed by atoms with E-state index in [1.807, 2.05) is 32.0 Å². The highest BCUT2D eigenvalue weighted by molar-refractivity contribution is 7.80. The third-order valence-corrected chi connectivity index (χ3v) is 3.16. The number of ether oxygens (including phenoxy) is 1. The monoisotopic (exact) mass is 270 g/mol. The van der Waals surface area contributed by atoms with E-state index >= 15 is 0 Å². The summed E-state index contributed by atoms with van der Waals surface area (Å²) in [6.45, 7) is 3.79. The second-order valence-electron chi connectivity index (χ2n) is 4.34. The van der Waals surface area contributed by atoms with Crippen molar-refractivity contribution in [1.29, 1.82) is 0 Å². The number of thiocarbonyl (C=S) groups is 1. The third-order valence-electron chi connectivity index (χ3n) is 2.83. The van der Waals surface area contributed by atoms with Crippen LogP contribution < -0.4 is 10.5 Å². The number of fused-ring (bicyclic) bond motifs is 1. The van der Waals surface area contributed by atoms with Crippen molar-refractivity contribution in [3.63, 3.8) is 0 Å². The summed E-state index contributed by atoms with van der Waals surface area (Å²) in [5.41, 5.74) is 8.22. The van der Waals surface area contributed by atoms with Gasteiger partial charge in [-0.3, -0.25) is 4.98 Å². The van der Waals surface area contributed by atoms with Crippen LogP contribution in [0.4, 0.5) is 0 Å². The van der Waals surface area contributed by atoms with Gasteiger partial charge in [-0.15, -0.1) is 6.42 Å². The van der Waals surface area contributed by atoms with Crippen molar-refractivity contribution < 1.29 is 4.74 Å². The van der Waals surface area contributed by atoms with Gasteiger partial charge in [-0.25, -0.2) is 0 Å². The first-order valence-electron chi connectivity index (χ1n) is 5.84. The van der Waals surface area contributed by atoms with Gasteiger partial charge in [0, 0.05) is 17.1 Å². The fraction of sp³-hybridized carbons (Fsp3) is 0.200. The standard InChI is InChI=1S/C15H14N2OS/c1-4-11-6-12-7-13(18-10(3)15(16)19)5-9(2)14(12)17-8-11/h1,5-8,10H,2-3H3,(H2,16,19). The van der Waals surface area contributed by atoms with Crippen molar-refractivity contribution in [2.75, 3.05) is 0 Å². The van der Waals surface area contributed by atoms with E-state index in [0.717, 1.165) is 22.0 Å². The summed E-state index contributed by atoms with van der Waals surface area (Å²) in [5.74, 6) is 3.28. The number of terminal acetylenes is 1. The van der Waals surface area contributed by atoms with E-state index in [1.165, 1.54) is 0 Å². The van der Waals surface area contributed by atoms with Gasteiger partial charge in [0.2, 0.25) is 0 Å². The first kappa shape index (κ1) is 13.3. The number of nitrogens with zero attached hydrogens (tertiary/aromatic N) is 1. The van der Waals surface area contributed by atoms with Crippen LogP contribution >= 0.6 is 12.2 Å². The number of aryl methyl sites for hydroxylation is 1. The predicted octanol–water partition coefficient (Wildman–Crippen LogP) is 2.58. The fourth-order valence-corrected chi connectivity index (χ4v) is 1.86. The molecule has 0 saturated heterocycles. The summed E-state index contributed by atoms with van der Waals surface area (Å²) in [5, 5.41) is 0.945. The number of benzene rings is 1. The summed E-state index contributed by atoms with van der Waals surface area (Å²) in [6.07, 6.45) is 6.76. The molecule has 0 fully saturated rings. The lowest BCUT2D eigenvalue weighted by Gasteiger charge is -2.14. The largest absolute Gasteiger partial charge is 0.484 e. The Balaban J connectivity index is 2.48. The molecule has 1 aromatic carbocycles. The highest BCUT2D eigenvalue weighted by Gasteiger charge is 2.09. The topological polar surface area (TPSA) is 48.1 Å². The first-order valence-corrected chi connectivity index (χ1v) is 6.25. The molecule has 96 valence electrons. The lowest BCUT2D eigenvalue weighted by Crippen LogP contribution is -2.28. The van der Waals surface area contributed by atoms with Gasteiger partial charge in [0.15, 0.2) is 0 Å². The van der Waals surface area contributed by atoms with Crippen LogP contribution in [0.3, 0.4) is 0 Å². The minimum Gasteiger partial charge on any atom is -0.484 e. The van der Waals surface area contributed by atoms with Gasteiger partial charge >= 0.3 is 0 Å². The number of aromatic nitrogens is 1. The molecule has 3 nitrogen and oxygen atoms in total. The Labute approximate surface area is 117 Å². The number of hydrogen-bond donors (Lipinski definition) is 1. The quantitative estimate of drug-likeness (QED) is 0.688. The van der Waals surface area contributed by atoms with Crippen molar-refractivity contribution in [2.24, 2.45) is 5.73 Å². The van der Waals surface area contributed by atoms with E-state index in [4.69, 9.17) is 29.1 Å². The van der Waals surface area contributed by atoms with Gasteiger partial charge in [0.25, 0.3) is 0 Å². The first-order chi connectivity index (χ1) is 9.01. The molecule has 1 aromatic heterocycles. The zero-order chi connectivity index (χ0) is 14.0. The molecule has 1 heterocycles. The van der Waals surface area contributed by atoms with Gasteiger partial charge in [-0.2, -0.15) is 0 Å². The molecule has 1 unspecified atom stereocenters. The van der Waals surface area contributed by atoms with Crippen molar-refractivity contribution in [1.82, 2.24) is 4.98 Å². The second kappa shape index (κ2) is 5.25.